The van der Waals surface area contributed by atoms with Crippen LogP contribution in [0, 0.1) is 5.92 Å². The second kappa shape index (κ2) is 11.3. The Morgan fingerprint density at radius 2 is 1.86 bits per heavy atom. The summed E-state index contributed by atoms with van der Waals surface area (Å²) in [5, 5.41) is 0.0733. The van der Waals surface area contributed by atoms with E-state index in [1.54, 1.807) is 16.7 Å². The summed E-state index contributed by atoms with van der Waals surface area (Å²) in [6, 6.07) is 5.30. The van der Waals surface area contributed by atoms with E-state index >= 15 is 0 Å². The standard InChI is InChI=1S/C28H40N4O4S/c1-3-30-11-13-31(14-12-30)19-9-10-20(27(29)34)21(15-19)24(18-7-5-4-6-8-18)28(35)32-16-23(37-2)26-25(32)22(33)17-36-26/h9-10,15,18,23-26H,3-8,11-14,16-17H2,1-2H3,(H2,29,34)/t23-,24-,25+,26+/m0/s1. The van der Waals surface area contributed by atoms with Gasteiger partial charge in [-0.1, -0.05) is 26.2 Å². The van der Waals surface area contributed by atoms with E-state index in [0.29, 0.717) is 12.1 Å². The quantitative estimate of drug-likeness (QED) is 0.581. The molecule has 0 spiro atoms. The summed E-state index contributed by atoms with van der Waals surface area (Å²) in [7, 11) is 0. The third kappa shape index (κ3) is 5.14. The number of ketones is 1. The number of hydrogen-bond acceptors (Lipinski definition) is 7. The number of carbonyl (C=O) groups excluding carboxylic acids is 3. The fraction of sp³-hybridized carbons (Fsp3) is 0.679. The molecule has 37 heavy (non-hydrogen) atoms. The van der Waals surface area contributed by atoms with E-state index in [9.17, 15) is 14.4 Å². The zero-order chi connectivity index (χ0) is 26.1. The van der Waals surface area contributed by atoms with Crippen molar-refractivity contribution >= 4 is 35.0 Å². The first-order chi connectivity index (χ1) is 17.9. The lowest BCUT2D eigenvalue weighted by Crippen LogP contribution is -2.47. The lowest BCUT2D eigenvalue weighted by molar-refractivity contribution is -0.139. The lowest BCUT2D eigenvalue weighted by Gasteiger charge is -2.37. The number of nitrogens with zero attached hydrogens (tertiary/aromatic N) is 3. The molecule has 0 bridgehead atoms. The van der Waals surface area contributed by atoms with Gasteiger partial charge < -0.3 is 25.2 Å². The Hall–Kier alpha value is -2.10. The van der Waals surface area contributed by atoms with Gasteiger partial charge in [0.2, 0.25) is 11.8 Å². The Kier molecular flexibility index (Phi) is 8.12. The molecule has 9 heteroatoms. The van der Waals surface area contributed by atoms with Crippen molar-refractivity contribution in [1.82, 2.24) is 9.80 Å². The number of fused-ring (bicyclic) bond motifs is 1. The molecule has 0 radical (unpaired) electrons. The molecule has 2 N–H and O–H groups in total. The number of thioether (sulfide) groups is 1. The van der Waals surface area contributed by atoms with Crippen molar-refractivity contribution in [3.63, 3.8) is 0 Å². The summed E-state index contributed by atoms with van der Waals surface area (Å²) in [5.74, 6) is -0.944. The second-order valence-electron chi connectivity index (χ2n) is 10.9. The lowest BCUT2D eigenvalue weighted by atomic mass is 9.74. The predicted molar refractivity (Wildman–Crippen MR) is 146 cm³/mol. The van der Waals surface area contributed by atoms with Crippen LogP contribution in [-0.4, -0.2) is 96.9 Å². The van der Waals surface area contributed by atoms with E-state index in [-0.39, 0.29) is 35.6 Å². The number of primary amides is 1. The van der Waals surface area contributed by atoms with E-state index in [2.05, 4.69) is 16.7 Å². The summed E-state index contributed by atoms with van der Waals surface area (Å²) >= 11 is 1.65. The van der Waals surface area contributed by atoms with E-state index in [1.165, 1.54) is 0 Å². The van der Waals surface area contributed by atoms with Crippen molar-refractivity contribution in [3.8, 4) is 0 Å². The van der Waals surface area contributed by atoms with Crippen molar-refractivity contribution in [1.29, 1.82) is 0 Å². The number of rotatable bonds is 7. The van der Waals surface area contributed by atoms with E-state index in [1.807, 2.05) is 24.5 Å². The van der Waals surface area contributed by atoms with Crippen molar-refractivity contribution in [2.75, 3.05) is 57.0 Å². The number of amides is 2. The van der Waals surface area contributed by atoms with Gasteiger partial charge in [0, 0.05) is 44.0 Å². The van der Waals surface area contributed by atoms with Gasteiger partial charge in [-0.05, 0) is 55.3 Å². The van der Waals surface area contributed by atoms with Crippen LogP contribution in [0.2, 0.25) is 0 Å². The first-order valence-corrected chi connectivity index (χ1v) is 15.1. The smallest absolute Gasteiger partial charge is 0.249 e. The first-order valence-electron chi connectivity index (χ1n) is 13.8. The molecule has 4 fully saturated rings. The van der Waals surface area contributed by atoms with E-state index in [0.717, 1.165) is 76.1 Å². The topological polar surface area (TPSA) is 96.2 Å². The van der Waals surface area contributed by atoms with Gasteiger partial charge in [0.05, 0.1) is 17.3 Å². The maximum absolute atomic E-state index is 14.5. The van der Waals surface area contributed by atoms with Crippen molar-refractivity contribution in [3.05, 3.63) is 29.3 Å². The third-order valence-electron chi connectivity index (χ3n) is 8.93. The highest BCUT2D eigenvalue weighted by Crippen LogP contribution is 2.43. The SMILES string of the molecule is CCN1CCN(c2ccc(C(N)=O)c([C@@H](C(=O)N3C[C@H](SC)[C@H]4OCC(=O)[C@H]43)C3CCCCC3)c2)CC1. The molecule has 4 atom stereocenters. The van der Waals surface area contributed by atoms with Crippen LogP contribution >= 0.6 is 11.8 Å². The van der Waals surface area contributed by atoms with Gasteiger partial charge in [-0.25, -0.2) is 0 Å². The number of likely N-dealkylation sites (N-methyl/N-ethyl adjacent to an activating group) is 1. The number of hydrogen-bond donors (Lipinski definition) is 1. The average Bonchev–Trinajstić information content (AvgIpc) is 3.49. The summed E-state index contributed by atoms with van der Waals surface area (Å²) < 4.78 is 5.83. The number of carbonyl (C=O) groups is 3. The van der Waals surface area contributed by atoms with Gasteiger partial charge in [0.1, 0.15) is 12.6 Å². The summed E-state index contributed by atoms with van der Waals surface area (Å²) in [6.07, 6.45) is 6.93. The average molecular weight is 529 g/mol. The summed E-state index contributed by atoms with van der Waals surface area (Å²) in [4.78, 5) is 46.5. The zero-order valence-corrected chi connectivity index (χ0v) is 22.9. The van der Waals surface area contributed by atoms with Gasteiger partial charge in [0.25, 0.3) is 0 Å². The normalized spacial score (nSPS) is 27.9. The predicted octanol–water partition coefficient (Wildman–Crippen LogP) is 2.50. The zero-order valence-electron chi connectivity index (χ0n) is 22.1. The largest absolute Gasteiger partial charge is 0.369 e. The maximum atomic E-state index is 14.5. The molecule has 8 nitrogen and oxygen atoms in total. The molecular formula is C28H40N4O4S. The minimum Gasteiger partial charge on any atom is -0.369 e. The molecular weight excluding hydrogens is 488 g/mol. The Bertz CT molecular complexity index is 1020. The molecule has 0 unspecified atom stereocenters. The van der Waals surface area contributed by atoms with Gasteiger partial charge in [-0.15, -0.1) is 0 Å². The van der Waals surface area contributed by atoms with Crippen LogP contribution in [0.3, 0.4) is 0 Å². The molecule has 1 saturated carbocycles. The van der Waals surface area contributed by atoms with E-state index < -0.39 is 17.9 Å². The summed E-state index contributed by atoms with van der Waals surface area (Å²) in [6.45, 7) is 7.57. The molecule has 3 aliphatic heterocycles. The van der Waals surface area contributed by atoms with Gasteiger partial charge in [0.15, 0.2) is 5.78 Å². The Morgan fingerprint density at radius 3 is 2.51 bits per heavy atom. The Labute approximate surface area is 224 Å². The van der Waals surface area contributed by atoms with Crippen LogP contribution in [0.25, 0.3) is 0 Å². The highest BCUT2D eigenvalue weighted by molar-refractivity contribution is 7.99. The molecule has 3 heterocycles. The highest BCUT2D eigenvalue weighted by atomic mass is 32.2. The van der Waals surface area contributed by atoms with Gasteiger partial charge in [-0.3, -0.25) is 14.4 Å². The summed E-state index contributed by atoms with van der Waals surface area (Å²) in [5.41, 5.74) is 8.08. The van der Waals surface area contributed by atoms with Crippen molar-refractivity contribution in [2.45, 2.75) is 62.3 Å². The number of likely N-dealkylation sites (tertiary alicyclic amines) is 1. The fourth-order valence-corrected chi connectivity index (χ4v) is 7.64. The number of piperazine rings is 1. The number of Topliss-reactive ketones (excluding diaryl/α,β-unsaturated/α-hetero) is 1. The fourth-order valence-electron chi connectivity index (χ4n) is 6.83. The number of ether oxygens (including phenoxy) is 1. The minimum atomic E-state index is -0.529. The molecule has 2 amide bonds. The Morgan fingerprint density at radius 1 is 1.14 bits per heavy atom. The number of benzene rings is 1. The molecule has 0 aromatic heterocycles. The van der Waals surface area contributed by atoms with Gasteiger partial charge >= 0.3 is 0 Å². The van der Waals surface area contributed by atoms with E-state index in [4.69, 9.17) is 10.5 Å². The van der Waals surface area contributed by atoms with Crippen LogP contribution in [0.1, 0.15) is 60.9 Å². The minimum absolute atomic E-state index is 0.0186. The first kappa shape index (κ1) is 26.5. The molecule has 202 valence electrons. The van der Waals surface area contributed by atoms with Crippen LogP contribution < -0.4 is 10.6 Å². The molecule has 5 rings (SSSR count). The van der Waals surface area contributed by atoms with Crippen molar-refractivity contribution < 1.29 is 19.1 Å². The molecule has 1 aliphatic carbocycles. The number of anilines is 1. The second-order valence-corrected chi connectivity index (χ2v) is 12.0. The van der Waals surface area contributed by atoms with Crippen LogP contribution in [0.4, 0.5) is 5.69 Å². The third-order valence-corrected chi connectivity index (χ3v) is 9.95. The van der Waals surface area contributed by atoms with Crippen LogP contribution in [-0.2, 0) is 14.3 Å². The van der Waals surface area contributed by atoms with Crippen molar-refractivity contribution in [2.24, 2.45) is 11.7 Å². The van der Waals surface area contributed by atoms with Crippen LogP contribution in [0.5, 0.6) is 0 Å². The van der Waals surface area contributed by atoms with Crippen LogP contribution in [0.15, 0.2) is 18.2 Å². The number of nitrogens with two attached hydrogens (primary N) is 1. The molecule has 3 saturated heterocycles. The monoisotopic (exact) mass is 528 g/mol. The highest BCUT2D eigenvalue weighted by Gasteiger charge is 2.53. The Balaban J connectivity index is 1.53. The molecule has 4 aliphatic rings. The molecule has 1 aromatic rings. The van der Waals surface area contributed by atoms with Gasteiger partial charge in [-0.2, -0.15) is 11.8 Å². The molecule has 1 aromatic carbocycles. The maximum Gasteiger partial charge on any atom is 0.249 e.